The van der Waals surface area contributed by atoms with Crippen LogP contribution < -0.4 is 5.32 Å². The smallest absolute Gasteiger partial charge is 0.355 e. The summed E-state index contributed by atoms with van der Waals surface area (Å²) in [7, 11) is -1.63. The van der Waals surface area contributed by atoms with E-state index in [4.69, 9.17) is 4.74 Å². The number of benzene rings is 3. The lowest BCUT2D eigenvalue weighted by Gasteiger charge is -2.49. The third-order valence-corrected chi connectivity index (χ3v) is 11.4. The zero-order valence-corrected chi connectivity index (χ0v) is 26.0. The van der Waals surface area contributed by atoms with Gasteiger partial charge in [-0.25, -0.2) is 4.79 Å². The summed E-state index contributed by atoms with van der Waals surface area (Å²) < 4.78 is 20.7. The van der Waals surface area contributed by atoms with Crippen LogP contribution in [0.25, 0.3) is 0 Å². The van der Waals surface area contributed by atoms with Gasteiger partial charge in [0.15, 0.2) is 10.4 Å². The molecule has 0 saturated carbocycles. The number of fused-ring (bicyclic) bond motifs is 1. The van der Waals surface area contributed by atoms with Crippen LogP contribution in [0.1, 0.15) is 27.8 Å². The Kier molecular flexibility index (Phi) is 9.01. The summed E-state index contributed by atoms with van der Waals surface area (Å²) in [6.45, 7) is 1.85. The average molecular weight is 645 g/mol. The third-order valence-electron chi connectivity index (χ3n) is 7.22. The molecule has 4 atom stereocenters. The Morgan fingerprint density at radius 1 is 0.977 bits per heavy atom. The molecule has 0 bridgehead atoms. The molecule has 4 aromatic rings. The Balaban J connectivity index is 1.27. The van der Waals surface area contributed by atoms with Gasteiger partial charge in [0, 0.05) is 5.75 Å². The van der Waals surface area contributed by atoms with Crippen LogP contribution in [0.4, 0.5) is 0 Å². The predicted octanol–water partition coefficient (Wildman–Crippen LogP) is 4.18. The van der Waals surface area contributed by atoms with Gasteiger partial charge in [0.25, 0.3) is 5.91 Å². The van der Waals surface area contributed by atoms with Crippen LogP contribution in [-0.2, 0) is 36.3 Å². The molecule has 1 aromatic heterocycles. The van der Waals surface area contributed by atoms with Gasteiger partial charge in [0.1, 0.15) is 22.1 Å². The highest BCUT2D eigenvalue weighted by atomic mass is 32.2. The van der Waals surface area contributed by atoms with Crippen LogP contribution >= 0.6 is 23.1 Å². The highest BCUT2D eigenvalue weighted by molar-refractivity contribution is 8.01. The normalized spacial score (nSPS) is 20.8. The van der Waals surface area contributed by atoms with Gasteiger partial charge in [0.2, 0.25) is 5.91 Å². The second kappa shape index (κ2) is 13.2. The zero-order valence-electron chi connectivity index (χ0n) is 23.6. The van der Waals surface area contributed by atoms with Crippen molar-refractivity contribution in [3.8, 4) is 0 Å². The highest BCUT2D eigenvalue weighted by Gasteiger charge is 2.58. The minimum atomic E-state index is -1.63. The number of esters is 1. The first-order valence-electron chi connectivity index (χ1n) is 13.9. The highest BCUT2D eigenvalue weighted by Crippen LogP contribution is 2.38. The molecule has 0 aliphatic carbocycles. The van der Waals surface area contributed by atoms with Crippen molar-refractivity contribution in [1.29, 1.82) is 0 Å². The number of nitrogens with zero attached hydrogens (tertiary/aromatic N) is 3. The Labute approximate surface area is 265 Å². The molecule has 6 rings (SSSR count). The van der Waals surface area contributed by atoms with E-state index in [1.807, 2.05) is 97.9 Å². The number of nitrogens with one attached hydrogen (secondary N) is 1. The molecule has 2 aliphatic heterocycles. The molecule has 1 N–H and O–H groups in total. The van der Waals surface area contributed by atoms with E-state index >= 15 is 0 Å². The monoisotopic (exact) mass is 644 g/mol. The van der Waals surface area contributed by atoms with Gasteiger partial charge >= 0.3 is 5.97 Å². The molecular formula is C32H28N4O5S3. The zero-order chi connectivity index (χ0) is 30.6. The summed E-state index contributed by atoms with van der Waals surface area (Å²) >= 11 is 2.80. The van der Waals surface area contributed by atoms with Crippen LogP contribution in [0.15, 0.2) is 107 Å². The van der Waals surface area contributed by atoms with Gasteiger partial charge < -0.3 is 10.1 Å². The van der Waals surface area contributed by atoms with Crippen LogP contribution in [0.2, 0.25) is 0 Å². The molecule has 2 aliphatic rings. The van der Waals surface area contributed by atoms with E-state index in [0.29, 0.717) is 10.1 Å². The minimum absolute atomic E-state index is 0.0177. The van der Waals surface area contributed by atoms with Crippen molar-refractivity contribution in [2.24, 2.45) is 0 Å². The average Bonchev–Trinajstić information content (AvgIpc) is 3.47. The number of hydrogen-bond donors (Lipinski definition) is 1. The Bertz CT molecular complexity index is 1680. The fourth-order valence-corrected chi connectivity index (χ4v) is 9.08. The number of β-lactam (4-membered cyclic amide) rings is 1. The van der Waals surface area contributed by atoms with Crippen molar-refractivity contribution in [2.75, 3.05) is 5.75 Å². The summed E-state index contributed by atoms with van der Waals surface area (Å²) in [5, 5.41) is 10.2. The van der Waals surface area contributed by atoms with Crippen molar-refractivity contribution in [1.82, 2.24) is 20.4 Å². The Morgan fingerprint density at radius 2 is 1.59 bits per heavy atom. The predicted molar refractivity (Wildman–Crippen MR) is 169 cm³/mol. The molecule has 1 saturated heterocycles. The largest absolute Gasteiger partial charge is 0.448 e. The summed E-state index contributed by atoms with van der Waals surface area (Å²) in [5.41, 5.74) is 2.34. The van der Waals surface area contributed by atoms with E-state index in [2.05, 4.69) is 15.5 Å². The Morgan fingerprint density at radius 3 is 2.18 bits per heavy atom. The van der Waals surface area contributed by atoms with Crippen molar-refractivity contribution < 1.29 is 23.3 Å². The number of aromatic nitrogens is 2. The molecule has 1 fully saturated rings. The third kappa shape index (κ3) is 6.37. The van der Waals surface area contributed by atoms with Crippen LogP contribution in [0.5, 0.6) is 0 Å². The topological polar surface area (TPSA) is 119 Å². The fourth-order valence-electron chi connectivity index (χ4n) is 5.12. The van der Waals surface area contributed by atoms with Crippen LogP contribution in [-0.4, -0.2) is 59.5 Å². The molecule has 44 heavy (non-hydrogen) atoms. The first-order valence-corrected chi connectivity index (χ1v) is 17.0. The molecule has 12 heteroatoms. The van der Waals surface area contributed by atoms with Gasteiger partial charge in [-0.3, -0.25) is 18.7 Å². The summed E-state index contributed by atoms with van der Waals surface area (Å²) in [6.07, 6.45) is 0.898. The number of thioether (sulfide) groups is 1. The van der Waals surface area contributed by atoms with Crippen molar-refractivity contribution in [2.45, 2.75) is 40.5 Å². The lowest BCUT2D eigenvalue weighted by molar-refractivity contribution is -0.154. The van der Waals surface area contributed by atoms with Crippen LogP contribution in [0.3, 0.4) is 0 Å². The molecule has 3 unspecified atom stereocenters. The molecule has 2 amide bonds. The number of aryl methyl sites for hydroxylation is 1. The fraction of sp³-hybridized carbons (Fsp3) is 0.219. The number of carbonyl (C=O) groups excluding carboxylic acids is 3. The quantitative estimate of drug-likeness (QED) is 0.155. The van der Waals surface area contributed by atoms with E-state index in [1.165, 1.54) is 28.0 Å². The molecule has 3 aromatic carbocycles. The molecular weight excluding hydrogens is 617 g/mol. The molecule has 0 radical (unpaired) electrons. The Hall–Kier alpha value is -4.13. The summed E-state index contributed by atoms with van der Waals surface area (Å²) in [6, 6.07) is 26.8. The van der Waals surface area contributed by atoms with Gasteiger partial charge in [-0.2, -0.15) is 0 Å². The summed E-state index contributed by atoms with van der Waals surface area (Å²) in [5.74, 6) is -1.25. The molecule has 224 valence electrons. The van der Waals surface area contributed by atoms with E-state index in [0.717, 1.165) is 21.7 Å². The number of hydrogen-bond acceptors (Lipinski definition) is 9. The van der Waals surface area contributed by atoms with Crippen molar-refractivity contribution in [3.05, 3.63) is 124 Å². The maximum absolute atomic E-state index is 13.9. The molecule has 3 heterocycles. The standard InChI is InChI=1S/C32H28N4O5S3/c1-20-34-35-32(43-20)42-19-24-18-25(31(39)41-28(22-13-7-3-8-14-22)23-15-9-4-10-16-23)36-29(38)27(30(36)44(24)40)33-26(37)17-21-11-5-2-6-12-21/h2-16,18,24,27-28,30H,17,19H2,1H3,(H,33,37)/t24?,27?,30-,44?/m0/s1. The van der Waals surface area contributed by atoms with Crippen LogP contribution in [0, 0.1) is 6.92 Å². The van der Waals surface area contributed by atoms with Gasteiger partial charge in [-0.05, 0) is 29.7 Å². The van der Waals surface area contributed by atoms with Gasteiger partial charge in [-0.15, -0.1) is 10.2 Å². The maximum atomic E-state index is 13.9. The van der Waals surface area contributed by atoms with E-state index in [-0.39, 0.29) is 18.0 Å². The first-order chi connectivity index (χ1) is 21.4. The first kappa shape index (κ1) is 29.9. The second-order valence-electron chi connectivity index (χ2n) is 10.2. The SMILES string of the molecule is Cc1nnc(SCC2C=C(C(=O)OC(c3ccccc3)c3ccccc3)N3C(=O)C(NC(=O)Cc4ccccc4)[C@@H]3S2=O)s1. The van der Waals surface area contributed by atoms with E-state index in [1.54, 1.807) is 6.08 Å². The number of ether oxygens (including phenoxy) is 1. The second-order valence-corrected chi connectivity index (χ2v) is 14.4. The van der Waals surface area contributed by atoms with Crippen molar-refractivity contribution in [3.63, 3.8) is 0 Å². The van der Waals surface area contributed by atoms with Gasteiger partial charge in [0.05, 0.1) is 22.5 Å². The molecule has 0 spiro atoms. The van der Waals surface area contributed by atoms with E-state index < -0.39 is 45.4 Å². The molecule has 9 nitrogen and oxygen atoms in total. The van der Waals surface area contributed by atoms with Crippen molar-refractivity contribution >= 4 is 51.7 Å². The lowest BCUT2D eigenvalue weighted by Crippen LogP contribution is -2.74. The number of amides is 2. The van der Waals surface area contributed by atoms with Gasteiger partial charge in [-0.1, -0.05) is 114 Å². The lowest BCUT2D eigenvalue weighted by atomic mass is 10.0. The maximum Gasteiger partial charge on any atom is 0.355 e. The summed E-state index contributed by atoms with van der Waals surface area (Å²) in [4.78, 5) is 41.5. The number of carbonyl (C=O) groups is 3. The number of rotatable bonds is 10. The van der Waals surface area contributed by atoms with E-state index in [9.17, 15) is 18.6 Å². The minimum Gasteiger partial charge on any atom is -0.448 e.